The number of rotatable bonds is 5. The molecule has 0 aliphatic heterocycles. The highest BCUT2D eigenvalue weighted by atomic mass is 35.5. The standard InChI is InChI=1S/C9H12ClN3OS/c1-3-4-11-8-6(5-14)7(10)12-9(13-8)15-2/h5H,3-4H2,1-2H3,(H,11,12,13). The lowest BCUT2D eigenvalue weighted by Crippen LogP contribution is -2.07. The zero-order valence-corrected chi connectivity index (χ0v) is 10.2. The number of anilines is 1. The molecule has 0 fully saturated rings. The van der Waals surface area contributed by atoms with Gasteiger partial charge >= 0.3 is 0 Å². The second kappa shape index (κ2) is 5.92. The average molecular weight is 246 g/mol. The predicted molar refractivity (Wildman–Crippen MR) is 63.0 cm³/mol. The summed E-state index contributed by atoms with van der Waals surface area (Å²) in [5.41, 5.74) is 0.322. The topological polar surface area (TPSA) is 54.9 Å². The summed E-state index contributed by atoms with van der Waals surface area (Å²) >= 11 is 7.24. The van der Waals surface area contributed by atoms with E-state index in [4.69, 9.17) is 11.6 Å². The molecule has 1 N–H and O–H groups in total. The van der Waals surface area contributed by atoms with Crippen LogP contribution in [0.5, 0.6) is 0 Å². The van der Waals surface area contributed by atoms with Gasteiger partial charge in [-0.25, -0.2) is 9.97 Å². The summed E-state index contributed by atoms with van der Waals surface area (Å²) in [5.74, 6) is 0.510. The van der Waals surface area contributed by atoms with Crippen molar-refractivity contribution in [1.29, 1.82) is 0 Å². The predicted octanol–water partition coefficient (Wildman–Crippen LogP) is 2.49. The van der Waals surface area contributed by atoms with Gasteiger partial charge in [0.25, 0.3) is 0 Å². The van der Waals surface area contributed by atoms with Gasteiger partial charge in [0.2, 0.25) is 0 Å². The Kier molecular flexibility index (Phi) is 4.84. The monoisotopic (exact) mass is 245 g/mol. The van der Waals surface area contributed by atoms with Gasteiger partial charge in [-0.1, -0.05) is 30.3 Å². The molecular formula is C9H12ClN3OS. The van der Waals surface area contributed by atoms with E-state index in [2.05, 4.69) is 15.3 Å². The summed E-state index contributed by atoms with van der Waals surface area (Å²) in [6, 6.07) is 0. The average Bonchev–Trinajstić information content (AvgIpc) is 2.25. The van der Waals surface area contributed by atoms with Crippen LogP contribution in [0.4, 0.5) is 5.82 Å². The Morgan fingerprint density at radius 1 is 1.53 bits per heavy atom. The van der Waals surface area contributed by atoms with Crippen LogP contribution in [0.1, 0.15) is 23.7 Å². The molecule has 0 atom stereocenters. The molecule has 0 saturated heterocycles. The zero-order valence-electron chi connectivity index (χ0n) is 8.58. The molecule has 1 aromatic rings. The molecule has 0 aliphatic rings. The minimum Gasteiger partial charge on any atom is -0.369 e. The second-order valence-electron chi connectivity index (χ2n) is 2.81. The fourth-order valence-electron chi connectivity index (χ4n) is 0.997. The first-order valence-electron chi connectivity index (χ1n) is 4.53. The number of nitrogens with zero attached hydrogens (tertiary/aromatic N) is 2. The summed E-state index contributed by atoms with van der Waals surface area (Å²) in [7, 11) is 0. The molecule has 0 amide bonds. The minimum atomic E-state index is 0.197. The number of carbonyl (C=O) groups excluding carboxylic acids is 1. The van der Waals surface area contributed by atoms with Crippen molar-refractivity contribution in [2.75, 3.05) is 18.1 Å². The summed E-state index contributed by atoms with van der Waals surface area (Å²) in [6.07, 6.45) is 3.48. The Morgan fingerprint density at radius 2 is 2.27 bits per heavy atom. The van der Waals surface area contributed by atoms with Gasteiger partial charge in [0.05, 0.1) is 5.56 Å². The third kappa shape index (κ3) is 3.07. The van der Waals surface area contributed by atoms with Crippen molar-refractivity contribution in [1.82, 2.24) is 9.97 Å². The van der Waals surface area contributed by atoms with E-state index in [-0.39, 0.29) is 5.15 Å². The van der Waals surface area contributed by atoms with Crippen molar-refractivity contribution < 1.29 is 4.79 Å². The van der Waals surface area contributed by atoms with Crippen molar-refractivity contribution in [3.8, 4) is 0 Å². The zero-order chi connectivity index (χ0) is 11.3. The van der Waals surface area contributed by atoms with Crippen molar-refractivity contribution in [2.24, 2.45) is 0 Å². The second-order valence-corrected chi connectivity index (χ2v) is 3.94. The molecule has 6 heteroatoms. The highest BCUT2D eigenvalue weighted by Crippen LogP contribution is 2.22. The number of hydrogen-bond acceptors (Lipinski definition) is 5. The van der Waals surface area contributed by atoms with E-state index in [1.54, 1.807) is 0 Å². The van der Waals surface area contributed by atoms with E-state index in [1.807, 2.05) is 13.2 Å². The first-order valence-corrected chi connectivity index (χ1v) is 6.13. The van der Waals surface area contributed by atoms with Crippen LogP contribution >= 0.6 is 23.4 Å². The van der Waals surface area contributed by atoms with Crippen LogP contribution < -0.4 is 5.32 Å². The molecule has 15 heavy (non-hydrogen) atoms. The molecule has 4 nitrogen and oxygen atoms in total. The molecule has 0 spiro atoms. The van der Waals surface area contributed by atoms with Crippen molar-refractivity contribution in [2.45, 2.75) is 18.5 Å². The van der Waals surface area contributed by atoms with Crippen molar-refractivity contribution in [3.63, 3.8) is 0 Å². The van der Waals surface area contributed by atoms with Crippen molar-refractivity contribution >= 4 is 35.5 Å². The maximum absolute atomic E-state index is 10.8. The van der Waals surface area contributed by atoms with Gasteiger partial charge in [-0.3, -0.25) is 4.79 Å². The molecule has 0 saturated carbocycles. The van der Waals surface area contributed by atoms with E-state index in [0.29, 0.717) is 22.8 Å². The minimum absolute atomic E-state index is 0.197. The van der Waals surface area contributed by atoms with Crippen LogP contribution in [0.25, 0.3) is 0 Å². The highest BCUT2D eigenvalue weighted by molar-refractivity contribution is 7.98. The number of aromatic nitrogens is 2. The summed E-state index contributed by atoms with van der Waals surface area (Å²) < 4.78 is 0. The van der Waals surface area contributed by atoms with E-state index < -0.39 is 0 Å². The van der Waals surface area contributed by atoms with Crippen LogP contribution in [-0.4, -0.2) is 29.1 Å². The van der Waals surface area contributed by atoms with Gasteiger partial charge in [-0.15, -0.1) is 0 Å². The fourth-order valence-corrected chi connectivity index (χ4v) is 1.63. The fraction of sp³-hybridized carbons (Fsp3) is 0.444. The number of hydrogen-bond donors (Lipinski definition) is 1. The van der Waals surface area contributed by atoms with E-state index in [0.717, 1.165) is 13.0 Å². The van der Waals surface area contributed by atoms with E-state index in [9.17, 15) is 4.79 Å². The van der Waals surface area contributed by atoms with Gasteiger partial charge in [0.1, 0.15) is 11.0 Å². The quantitative estimate of drug-likeness (QED) is 0.374. The number of thioether (sulfide) groups is 1. The molecule has 1 aromatic heterocycles. The smallest absolute Gasteiger partial charge is 0.190 e. The van der Waals surface area contributed by atoms with Crippen LogP contribution in [-0.2, 0) is 0 Å². The van der Waals surface area contributed by atoms with Gasteiger partial charge in [0, 0.05) is 6.54 Å². The number of nitrogens with one attached hydrogen (secondary N) is 1. The lowest BCUT2D eigenvalue weighted by molar-refractivity contribution is 0.112. The third-order valence-electron chi connectivity index (χ3n) is 1.72. The lowest BCUT2D eigenvalue weighted by Gasteiger charge is -2.08. The van der Waals surface area contributed by atoms with E-state index in [1.165, 1.54) is 11.8 Å². The Bertz CT molecular complexity index is 359. The Labute approximate surface area is 97.8 Å². The Balaban J connectivity index is 3.07. The maximum atomic E-state index is 10.8. The number of halogens is 1. The molecule has 82 valence electrons. The largest absolute Gasteiger partial charge is 0.369 e. The molecular weight excluding hydrogens is 234 g/mol. The van der Waals surface area contributed by atoms with Gasteiger partial charge in [-0.2, -0.15) is 0 Å². The SMILES string of the molecule is CCCNc1nc(SC)nc(Cl)c1C=O. The van der Waals surface area contributed by atoms with Gasteiger partial charge in [-0.05, 0) is 12.7 Å². The lowest BCUT2D eigenvalue weighted by atomic mass is 10.3. The van der Waals surface area contributed by atoms with Crippen LogP contribution in [0.2, 0.25) is 5.15 Å². The normalized spacial score (nSPS) is 10.1. The third-order valence-corrected chi connectivity index (χ3v) is 2.56. The van der Waals surface area contributed by atoms with Crippen LogP contribution in [0.3, 0.4) is 0 Å². The van der Waals surface area contributed by atoms with E-state index >= 15 is 0 Å². The first-order chi connectivity index (χ1) is 7.22. The highest BCUT2D eigenvalue weighted by Gasteiger charge is 2.11. The molecule has 0 aliphatic carbocycles. The summed E-state index contributed by atoms with van der Waals surface area (Å²) in [6.45, 7) is 2.79. The summed E-state index contributed by atoms with van der Waals surface area (Å²) in [4.78, 5) is 19.0. The van der Waals surface area contributed by atoms with Gasteiger partial charge in [0.15, 0.2) is 11.4 Å². The maximum Gasteiger partial charge on any atom is 0.190 e. The molecule has 1 rings (SSSR count). The van der Waals surface area contributed by atoms with Crippen LogP contribution in [0.15, 0.2) is 5.16 Å². The molecule has 0 unspecified atom stereocenters. The molecule has 0 aromatic carbocycles. The molecule has 0 bridgehead atoms. The van der Waals surface area contributed by atoms with Crippen LogP contribution in [0, 0.1) is 0 Å². The Hall–Kier alpha value is -0.810. The first kappa shape index (κ1) is 12.3. The summed E-state index contributed by atoms with van der Waals surface area (Å²) in [5, 5.41) is 3.81. The van der Waals surface area contributed by atoms with Crippen molar-refractivity contribution in [3.05, 3.63) is 10.7 Å². The Morgan fingerprint density at radius 3 is 2.80 bits per heavy atom. The number of carbonyl (C=O) groups is 1. The van der Waals surface area contributed by atoms with Gasteiger partial charge < -0.3 is 5.32 Å². The number of aldehydes is 1. The molecule has 0 radical (unpaired) electrons. The molecule has 1 heterocycles.